The average molecular weight is 167 g/mol. The third kappa shape index (κ3) is 1.04. The van der Waals surface area contributed by atoms with Gasteiger partial charge in [-0.15, -0.1) is 0 Å². The number of ether oxygens (including phenoxy) is 1. The molecule has 0 radical (unpaired) electrons. The van der Waals surface area contributed by atoms with Crippen molar-refractivity contribution in [1.29, 1.82) is 0 Å². The third-order valence-electron chi connectivity index (χ3n) is 3.01. The summed E-state index contributed by atoms with van der Waals surface area (Å²) in [6.07, 6.45) is 4.17. The molecule has 3 fully saturated rings. The molecule has 0 aromatic carbocycles. The maximum atomic E-state index is 11.6. The Labute approximate surface area is 71.7 Å². The number of epoxide rings is 1. The largest absolute Gasteiger partial charge is 0.368 e. The summed E-state index contributed by atoms with van der Waals surface area (Å²) in [6, 6.07) is 0. The van der Waals surface area contributed by atoms with Crippen molar-refractivity contribution in [3.8, 4) is 0 Å². The van der Waals surface area contributed by atoms with Crippen LogP contribution in [0.1, 0.15) is 19.3 Å². The number of amides is 1. The van der Waals surface area contributed by atoms with Gasteiger partial charge in [0.15, 0.2) is 0 Å². The second-order valence-electron chi connectivity index (χ2n) is 4.06. The molecule has 2 atom stereocenters. The molecule has 0 aromatic rings. The zero-order chi connectivity index (χ0) is 8.13. The second kappa shape index (κ2) is 2.22. The molecule has 2 saturated heterocycles. The summed E-state index contributed by atoms with van der Waals surface area (Å²) < 4.78 is 5.36. The number of likely N-dealkylation sites (tertiary alicyclic amines) is 1. The van der Waals surface area contributed by atoms with Crippen LogP contribution in [0.3, 0.4) is 0 Å². The van der Waals surface area contributed by atoms with Crippen LogP contribution in [0.4, 0.5) is 0 Å². The number of carbonyl (C=O) groups is 1. The third-order valence-corrected chi connectivity index (χ3v) is 3.01. The molecule has 0 spiro atoms. The van der Waals surface area contributed by atoms with E-state index in [2.05, 4.69) is 0 Å². The van der Waals surface area contributed by atoms with Crippen molar-refractivity contribution in [2.45, 2.75) is 31.5 Å². The predicted molar refractivity (Wildman–Crippen MR) is 42.6 cm³/mol. The van der Waals surface area contributed by atoms with Crippen LogP contribution < -0.4 is 0 Å². The van der Waals surface area contributed by atoms with Crippen molar-refractivity contribution in [2.75, 3.05) is 13.1 Å². The van der Waals surface area contributed by atoms with Crippen molar-refractivity contribution < 1.29 is 9.53 Å². The summed E-state index contributed by atoms with van der Waals surface area (Å²) in [4.78, 5) is 13.6. The highest BCUT2D eigenvalue weighted by atomic mass is 16.6. The molecule has 1 amide bonds. The topological polar surface area (TPSA) is 32.8 Å². The fraction of sp³-hybridized carbons (Fsp3) is 0.889. The highest BCUT2D eigenvalue weighted by molar-refractivity contribution is 5.81. The molecule has 3 aliphatic rings. The number of fused-ring (bicyclic) bond motifs is 1. The van der Waals surface area contributed by atoms with Gasteiger partial charge >= 0.3 is 0 Å². The molecule has 0 unspecified atom stereocenters. The van der Waals surface area contributed by atoms with Gasteiger partial charge in [0.25, 0.3) is 0 Å². The van der Waals surface area contributed by atoms with E-state index in [-0.39, 0.29) is 0 Å². The van der Waals surface area contributed by atoms with E-state index in [9.17, 15) is 4.79 Å². The maximum absolute atomic E-state index is 11.6. The molecular weight excluding hydrogens is 154 g/mol. The lowest BCUT2D eigenvalue weighted by atomic mass is 10.1. The van der Waals surface area contributed by atoms with Crippen molar-refractivity contribution in [3.63, 3.8) is 0 Å². The number of hydrogen-bond acceptors (Lipinski definition) is 2. The number of nitrogens with zero attached hydrogens (tertiary/aromatic N) is 1. The number of hydrogen-bond donors (Lipinski definition) is 0. The molecule has 3 nitrogen and oxygen atoms in total. The summed E-state index contributed by atoms with van der Waals surface area (Å²) in [5.74, 6) is 0.754. The molecule has 0 N–H and O–H groups in total. The Morgan fingerprint density at radius 1 is 1.25 bits per heavy atom. The highest BCUT2D eigenvalue weighted by Gasteiger charge is 2.46. The van der Waals surface area contributed by atoms with Crippen LogP contribution in [0.25, 0.3) is 0 Å². The summed E-state index contributed by atoms with van der Waals surface area (Å²) in [6.45, 7) is 1.79. The second-order valence-corrected chi connectivity index (χ2v) is 4.06. The molecule has 2 aliphatic heterocycles. The minimum absolute atomic E-state index is 0.375. The number of carbonyl (C=O) groups excluding carboxylic acids is 1. The highest BCUT2D eigenvalue weighted by Crippen LogP contribution is 2.35. The van der Waals surface area contributed by atoms with Crippen LogP contribution in [0, 0.1) is 5.92 Å². The fourth-order valence-electron chi connectivity index (χ4n) is 1.97. The van der Waals surface area contributed by atoms with Gasteiger partial charge < -0.3 is 9.64 Å². The standard InChI is InChI=1S/C9H13NO2/c11-9(6-1-2-6)10-4-3-7-8(5-10)12-7/h6-8H,1-5H2/t7-,8+/m1/s1. The smallest absolute Gasteiger partial charge is 0.225 e. The van der Waals surface area contributed by atoms with Gasteiger partial charge in [0.05, 0.1) is 6.10 Å². The lowest BCUT2D eigenvalue weighted by Crippen LogP contribution is -2.40. The summed E-state index contributed by atoms with van der Waals surface area (Å²) in [7, 11) is 0. The first kappa shape index (κ1) is 6.89. The Morgan fingerprint density at radius 3 is 2.75 bits per heavy atom. The van der Waals surface area contributed by atoms with Gasteiger partial charge in [0.2, 0.25) is 5.91 Å². The molecule has 0 aromatic heterocycles. The molecule has 2 heterocycles. The van der Waals surface area contributed by atoms with E-state index in [1.54, 1.807) is 0 Å². The molecular formula is C9H13NO2. The van der Waals surface area contributed by atoms with Gasteiger partial charge in [0, 0.05) is 19.0 Å². The Morgan fingerprint density at radius 2 is 2.08 bits per heavy atom. The van der Waals surface area contributed by atoms with Gasteiger partial charge in [-0.3, -0.25) is 4.79 Å². The zero-order valence-corrected chi connectivity index (χ0v) is 7.03. The fourth-order valence-corrected chi connectivity index (χ4v) is 1.97. The van der Waals surface area contributed by atoms with E-state index in [0.717, 1.165) is 32.4 Å². The Kier molecular flexibility index (Phi) is 1.28. The van der Waals surface area contributed by atoms with Crippen LogP contribution in [0.15, 0.2) is 0 Å². The van der Waals surface area contributed by atoms with Gasteiger partial charge in [0.1, 0.15) is 6.10 Å². The number of rotatable bonds is 1. The van der Waals surface area contributed by atoms with E-state index in [1.807, 2.05) is 4.90 Å². The van der Waals surface area contributed by atoms with Crippen LogP contribution >= 0.6 is 0 Å². The van der Waals surface area contributed by atoms with Gasteiger partial charge in [-0.2, -0.15) is 0 Å². The molecule has 12 heavy (non-hydrogen) atoms. The van der Waals surface area contributed by atoms with Gasteiger partial charge in [-0.25, -0.2) is 0 Å². The monoisotopic (exact) mass is 167 g/mol. The van der Waals surface area contributed by atoms with E-state index < -0.39 is 0 Å². The van der Waals surface area contributed by atoms with Crippen molar-refractivity contribution in [2.24, 2.45) is 5.92 Å². The van der Waals surface area contributed by atoms with Gasteiger partial charge in [-0.1, -0.05) is 0 Å². The minimum atomic E-state index is 0.375. The Hall–Kier alpha value is -0.570. The van der Waals surface area contributed by atoms with E-state index in [1.165, 1.54) is 0 Å². The predicted octanol–water partition coefficient (Wildman–Crippen LogP) is 0.396. The Bertz CT molecular complexity index is 225. The molecule has 1 saturated carbocycles. The average Bonchev–Trinajstić information content (AvgIpc) is 2.96. The first-order chi connectivity index (χ1) is 5.84. The van der Waals surface area contributed by atoms with Crippen molar-refractivity contribution >= 4 is 5.91 Å². The first-order valence-corrected chi connectivity index (χ1v) is 4.79. The van der Waals surface area contributed by atoms with Crippen molar-refractivity contribution in [3.05, 3.63) is 0 Å². The summed E-state index contributed by atoms with van der Waals surface area (Å²) >= 11 is 0. The summed E-state index contributed by atoms with van der Waals surface area (Å²) in [5, 5.41) is 0. The maximum Gasteiger partial charge on any atom is 0.225 e. The quantitative estimate of drug-likeness (QED) is 0.529. The minimum Gasteiger partial charge on any atom is -0.368 e. The van der Waals surface area contributed by atoms with Crippen molar-refractivity contribution in [1.82, 2.24) is 4.90 Å². The van der Waals surface area contributed by atoms with Crippen LogP contribution in [-0.2, 0) is 9.53 Å². The zero-order valence-electron chi connectivity index (χ0n) is 7.03. The summed E-state index contributed by atoms with van der Waals surface area (Å²) in [5.41, 5.74) is 0. The van der Waals surface area contributed by atoms with Crippen LogP contribution in [0.5, 0.6) is 0 Å². The van der Waals surface area contributed by atoms with E-state index in [0.29, 0.717) is 24.0 Å². The van der Waals surface area contributed by atoms with Crippen LogP contribution in [-0.4, -0.2) is 36.1 Å². The SMILES string of the molecule is O=C(C1CC1)N1CC[C@H]2O[C@H]2C1. The normalized spacial score (nSPS) is 39.2. The van der Waals surface area contributed by atoms with E-state index in [4.69, 9.17) is 4.74 Å². The molecule has 3 rings (SSSR count). The molecule has 3 heteroatoms. The van der Waals surface area contributed by atoms with E-state index >= 15 is 0 Å². The first-order valence-electron chi connectivity index (χ1n) is 4.79. The lowest BCUT2D eigenvalue weighted by molar-refractivity contribution is -0.133. The van der Waals surface area contributed by atoms with Gasteiger partial charge in [-0.05, 0) is 19.3 Å². The molecule has 0 bridgehead atoms. The number of piperidine rings is 1. The Balaban J connectivity index is 1.63. The van der Waals surface area contributed by atoms with Crippen LogP contribution in [0.2, 0.25) is 0 Å². The molecule has 66 valence electrons. The molecule has 1 aliphatic carbocycles. The lowest BCUT2D eigenvalue weighted by Gasteiger charge is -2.24.